The van der Waals surface area contributed by atoms with Gasteiger partial charge in [-0.1, -0.05) is 0 Å². The monoisotopic (exact) mass is 397 g/mol. The molecule has 150 valence electrons. The maximum atomic E-state index is 13.3. The third-order valence-electron chi connectivity index (χ3n) is 4.38. The molecular weight excluding hydrogens is 379 g/mol. The topological polar surface area (TPSA) is 93.5 Å². The Bertz CT molecular complexity index is 856. The summed E-state index contributed by atoms with van der Waals surface area (Å²) in [6.07, 6.45) is -1.31. The Hall–Kier alpha value is -2.88. The fourth-order valence-corrected chi connectivity index (χ4v) is 3.05. The molecular formula is C18H18F3N3O4. The van der Waals surface area contributed by atoms with Crippen LogP contribution in [0.3, 0.4) is 0 Å². The highest BCUT2D eigenvalue weighted by atomic mass is 19.4. The number of hydrogen-bond donors (Lipinski definition) is 2. The van der Waals surface area contributed by atoms with Gasteiger partial charge >= 0.3 is 12.1 Å². The molecule has 2 aromatic rings. The van der Waals surface area contributed by atoms with Crippen LogP contribution in [-0.2, 0) is 15.7 Å². The first kappa shape index (κ1) is 19.9. The summed E-state index contributed by atoms with van der Waals surface area (Å²) in [7, 11) is 0. The van der Waals surface area contributed by atoms with Crippen LogP contribution in [0.25, 0.3) is 5.69 Å². The average Bonchev–Trinajstić information content (AvgIpc) is 3.30. The highest BCUT2D eigenvalue weighted by Crippen LogP contribution is 2.33. The van der Waals surface area contributed by atoms with Gasteiger partial charge in [0.1, 0.15) is 5.56 Å². The van der Waals surface area contributed by atoms with Crippen LogP contribution in [0.2, 0.25) is 0 Å². The number of nitrogens with zero attached hydrogens (tertiary/aromatic N) is 2. The van der Waals surface area contributed by atoms with E-state index in [1.807, 2.05) is 0 Å². The van der Waals surface area contributed by atoms with Crippen LogP contribution >= 0.6 is 0 Å². The fourth-order valence-electron chi connectivity index (χ4n) is 3.05. The first-order chi connectivity index (χ1) is 13.3. The molecule has 0 saturated carbocycles. The number of aromatic carboxylic acids is 1. The largest absolute Gasteiger partial charge is 0.478 e. The van der Waals surface area contributed by atoms with Crippen LogP contribution in [0.15, 0.2) is 30.5 Å². The zero-order chi connectivity index (χ0) is 20.3. The van der Waals surface area contributed by atoms with E-state index in [2.05, 4.69) is 10.4 Å². The number of amides is 1. The SMILES string of the molecule is O=C(CCC1CCCO1)Nc1ccc(-n2ncc(C(=O)O)c2C(F)(F)F)cc1. The molecule has 7 nitrogen and oxygen atoms in total. The molecule has 10 heteroatoms. The minimum atomic E-state index is -4.89. The minimum Gasteiger partial charge on any atom is -0.478 e. The van der Waals surface area contributed by atoms with Gasteiger partial charge in [0.2, 0.25) is 5.91 Å². The summed E-state index contributed by atoms with van der Waals surface area (Å²) in [4.78, 5) is 23.0. The Kier molecular flexibility index (Phi) is 5.68. The van der Waals surface area contributed by atoms with Gasteiger partial charge in [0.15, 0.2) is 5.69 Å². The van der Waals surface area contributed by atoms with Gasteiger partial charge in [-0.05, 0) is 43.5 Å². The van der Waals surface area contributed by atoms with Crippen LogP contribution in [-0.4, -0.2) is 39.5 Å². The first-order valence-electron chi connectivity index (χ1n) is 8.66. The summed E-state index contributed by atoms with van der Waals surface area (Å²) in [5, 5.41) is 15.2. The van der Waals surface area contributed by atoms with Gasteiger partial charge in [-0.25, -0.2) is 9.48 Å². The zero-order valence-electron chi connectivity index (χ0n) is 14.7. The van der Waals surface area contributed by atoms with Crippen molar-refractivity contribution in [3.05, 3.63) is 41.7 Å². The van der Waals surface area contributed by atoms with Crippen LogP contribution in [0.5, 0.6) is 0 Å². The Balaban J connectivity index is 1.71. The van der Waals surface area contributed by atoms with Gasteiger partial charge in [-0.3, -0.25) is 4.79 Å². The molecule has 1 amide bonds. The lowest BCUT2D eigenvalue weighted by molar-refractivity contribution is -0.143. The molecule has 0 spiro atoms. The predicted octanol–water partition coefficient (Wildman–Crippen LogP) is 3.49. The maximum absolute atomic E-state index is 13.3. The molecule has 0 radical (unpaired) electrons. The van der Waals surface area contributed by atoms with Crippen LogP contribution < -0.4 is 5.32 Å². The highest BCUT2D eigenvalue weighted by molar-refractivity contribution is 5.91. The van der Waals surface area contributed by atoms with E-state index in [9.17, 15) is 22.8 Å². The second kappa shape index (κ2) is 8.01. The van der Waals surface area contributed by atoms with E-state index < -0.39 is 23.4 Å². The Morgan fingerprint density at radius 2 is 2.00 bits per heavy atom. The minimum absolute atomic E-state index is 0.0252. The molecule has 1 aromatic carbocycles. The number of aromatic nitrogens is 2. The third-order valence-corrected chi connectivity index (χ3v) is 4.38. The predicted molar refractivity (Wildman–Crippen MR) is 92.4 cm³/mol. The van der Waals surface area contributed by atoms with Gasteiger partial charge in [0, 0.05) is 18.7 Å². The number of benzene rings is 1. The van der Waals surface area contributed by atoms with Crippen molar-refractivity contribution in [3.8, 4) is 5.69 Å². The number of carboxylic acid groups (broad SMARTS) is 1. The van der Waals surface area contributed by atoms with Gasteiger partial charge in [0.25, 0.3) is 0 Å². The standard InChI is InChI=1S/C18H18F3N3O4/c19-18(20,21)16-14(17(26)27)10-22-24(16)12-5-3-11(4-6-12)23-15(25)8-7-13-2-1-9-28-13/h3-6,10,13H,1-2,7-9H2,(H,23,25)(H,26,27). The van der Waals surface area contributed by atoms with Gasteiger partial charge < -0.3 is 15.2 Å². The normalized spacial score (nSPS) is 16.9. The number of nitrogens with one attached hydrogen (secondary N) is 1. The van der Waals surface area contributed by atoms with E-state index in [0.29, 0.717) is 29.6 Å². The molecule has 2 N–H and O–H groups in total. The molecule has 2 heterocycles. The third kappa shape index (κ3) is 4.50. The highest BCUT2D eigenvalue weighted by Gasteiger charge is 2.40. The van der Waals surface area contributed by atoms with Crippen molar-refractivity contribution >= 4 is 17.6 Å². The molecule has 1 fully saturated rings. The number of ether oxygens (including phenoxy) is 1. The summed E-state index contributed by atoms with van der Waals surface area (Å²) >= 11 is 0. The van der Waals surface area contributed by atoms with Crippen molar-refractivity contribution in [2.24, 2.45) is 0 Å². The van der Waals surface area contributed by atoms with Crippen molar-refractivity contribution in [3.63, 3.8) is 0 Å². The van der Waals surface area contributed by atoms with Crippen molar-refractivity contribution < 1.29 is 32.6 Å². The van der Waals surface area contributed by atoms with E-state index in [1.54, 1.807) is 0 Å². The van der Waals surface area contributed by atoms with Crippen LogP contribution in [0, 0.1) is 0 Å². The van der Waals surface area contributed by atoms with Crippen LogP contribution in [0.4, 0.5) is 18.9 Å². The van der Waals surface area contributed by atoms with Gasteiger partial charge in [-0.2, -0.15) is 18.3 Å². The number of carbonyl (C=O) groups is 2. The zero-order valence-corrected chi connectivity index (χ0v) is 14.7. The summed E-state index contributed by atoms with van der Waals surface area (Å²) in [5.41, 5.74) is -1.86. The number of rotatable bonds is 6. The number of anilines is 1. The average molecular weight is 397 g/mol. The summed E-state index contributed by atoms with van der Waals surface area (Å²) in [6.45, 7) is 0.713. The lowest BCUT2D eigenvalue weighted by Crippen LogP contribution is -2.17. The molecule has 28 heavy (non-hydrogen) atoms. The molecule has 1 aliphatic heterocycles. The molecule has 1 atom stereocenters. The van der Waals surface area contributed by atoms with Crippen molar-refractivity contribution in [1.29, 1.82) is 0 Å². The van der Waals surface area contributed by atoms with E-state index in [4.69, 9.17) is 9.84 Å². The summed E-state index contributed by atoms with van der Waals surface area (Å²) in [6, 6.07) is 5.51. The number of halogens is 3. The molecule has 0 aliphatic carbocycles. The molecule has 1 unspecified atom stereocenters. The number of alkyl halides is 3. The quantitative estimate of drug-likeness (QED) is 0.778. The number of carbonyl (C=O) groups excluding carboxylic acids is 1. The summed E-state index contributed by atoms with van der Waals surface area (Å²) in [5.74, 6) is -1.93. The van der Waals surface area contributed by atoms with Crippen molar-refractivity contribution in [1.82, 2.24) is 9.78 Å². The first-order valence-corrected chi connectivity index (χ1v) is 8.66. The van der Waals surface area contributed by atoms with Gasteiger partial charge in [-0.15, -0.1) is 0 Å². The molecule has 3 rings (SSSR count). The second-order valence-electron chi connectivity index (χ2n) is 6.39. The van der Waals surface area contributed by atoms with E-state index in [-0.39, 0.29) is 24.1 Å². The Morgan fingerprint density at radius 1 is 1.29 bits per heavy atom. The van der Waals surface area contributed by atoms with E-state index >= 15 is 0 Å². The summed E-state index contributed by atoms with van der Waals surface area (Å²) < 4.78 is 45.8. The molecule has 0 bridgehead atoms. The Morgan fingerprint density at radius 3 is 2.57 bits per heavy atom. The fraction of sp³-hybridized carbons (Fsp3) is 0.389. The smallest absolute Gasteiger partial charge is 0.434 e. The van der Waals surface area contributed by atoms with Gasteiger partial charge in [0.05, 0.1) is 18.0 Å². The van der Waals surface area contributed by atoms with E-state index in [1.165, 1.54) is 24.3 Å². The number of carboxylic acids is 1. The van der Waals surface area contributed by atoms with Crippen LogP contribution in [0.1, 0.15) is 41.7 Å². The Labute approximate surface area is 158 Å². The van der Waals surface area contributed by atoms with Crippen molar-refractivity contribution in [2.75, 3.05) is 11.9 Å². The van der Waals surface area contributed by atoms with Crippen molar-refractivity contribution in [2.45, 2.75) is 38.0 Å². The maximum Gasteiger partial charge on any atom is 0.434 e. The molecule has 1 saturated heterocycles. The lowest BCUT2D eigenvalue weighted by atomic mass is 10.1. The molecule has 1 aromatic heterocycles. The number of hydrogen-bond acceptors (Lipinski definition) is 4. The van der Waals surface area contributed by atoms with E-state index in [0.717, 1.165) is 12.8 Å². The molecule has 1 aliphatic rings. The lowest BCUT2D eigenvalue weighted by Gasteiger charge is -2.12. The second-order valence-corrected chi connectivity index (χ2v) is 6.39.